The molecule has 0 atom stereocenters. The van der Waals surface area contributed by atoms with Gasteiger partial charge in [-0.05, 0) is 41.5 Å². The first-order chi connectivity index (χ1) is 8.99. The number of amides is 2. The summed E-state index contributed by atoms with van der Waals surface area (Å²) >= 11 is 0. The highest BCUT2D eigenvalue weighted by atomic mass is 16.6. The largest absolute Gasteiger partial charge is 0.497 e. The van der Waals surface area contributed by atoms with Crippen LogP contribution in [0.15, 0.2) is 12.0 Å². The molecule has 1 aliphatic heterocycles. The second-order valence-electron chi connectivity index (χ2n) is 6.71. The fraction of sp³-hybridized carbons (Fsp3) is 0.714. The van der Waals surface area contributed by atoms with E-state index in [0.717, 1.165) is 0 Å². The van der Waals surface area contributed by atoms with Gasteiger partial charge in [0.2, 0.25) is 0 Å². The van der Waals surface area contributed by atoms with Crippen LogP contribution < -0.4 is 5.32 Å². The number of hydrogen-bond acceptors (Lipinski definition) is 4. The molecular weight excluding hydrogens is 260 g/mol. The van der Waals surface area contributed by atoms with Crippen LogP contribution >= 0.6 is 0 Å². The maximum atomic E-state index is 12.2. The lowest BCUT2D eigenvalue weighted by Gasteiger charge is -2.31. The molecule has 0 aromatic rings. The average Bonchev–Trinajstić information content (AvgIpc) is 2.24. The van der Waals surface area contributed by atoms with Crippen molar-refractivity contribution >= 4 is 12.0 Å². The molecule has 0 bridgehead atoms. The summed E-state index contributed by atoms with van der Waals surface area (Å²) in [7, 11) is 0. The number of nitrogens with zero attached hydrogens (tertiary/aromatic N) is 1. The summed E-state index contributed by atoms with van der Waals surface area (Å²) in [4.78, 5) is 25.6. The van der Waals surface area contributed by atoms with Gasteiger partial charge in [-0.2, -0.15) is 0 Å². The molecule has 0 saturated heterocycles. The number of carbonyl (C=O) groups excluding carboxylic acids is 2. The van der Waals surface area contributed by atoms with Gasteiger partial charge in [0.05, 0.1) is 6.54 Å². The zero-order valence-electron chi connectivity index (χ0n) is 13.1. The van der Waals surface area contributed by atoms with Crippen LogP contribution in [-0.2, 0) is 14.3 Å². The highest BCUT2D eigenvalue weighted by Gasteiger charge is 2.31. The van der Waals surface area contributed by atoms with Crippen LogP contribution in [0.3, 0.4) is 0 Å². The van der Waals surface area contributed by atoms with E-state index in [2.05, 4.69) is 5.32 Å². The van der Waals surface area contributed by atoms with Crippen LogP contribution in [0.1, 0.15) is 41.5 Å². The number of ether oxygens (including phenoxy) is 2. The Balaban J connectivity index is 2.84. The van der Waals surface area contributed by atoms with Crippen molar-refractivity contribution in [3.63, 3.8) is 0 Å². The molecular formula is C14H24N2O4. The van der Waals surface area contributed by atoms with Gasteiger partial charge in [0, 0.05) is 5.54 Å². The minimum absolute atomic E-state index is 0.167. The van der Waals surface area contributed by atoms with E-state index in [1.165, 1.54) is 11.2 Å². The van der Waals surface area contributed by atoms with Crippen LogP contribution in [0.25, 0.3) is 0 Å². The van der Waals surface area contributed by atoms with E-state index in [-0.39, 0.29) is 18.1 Å². The fourth-order valence-corrected chi connectivity index (χ4v) is 1.55. The summed E-state index contributed by atoms with van der Waals surface area (Å²) < 4.78 is 10.5. The molecule has 0 spiro atoms. The smallest absolute Gasteiger partial charge is 0.415 e. The molecule has 6 nitrogen and oxygen atoms in total. The number of hydrogen-bond donors (Lipinski definition) is 1. The zero-order valence-corrected chi connectivity index (χ0v) is 13.1. The predicted octanol–water partition coefficient (Wildman–Crippen LogP) is 2.01. The lowest BCUT2D eigenvalue weighted by molar-refractivity contribution is -0.121. The second kappa shape index (κ2) is 5.73. The van der Waals surface area contributed by atoms with Crippen molar-refractivity contribution in [2.24, 2.45) is 0 Å². The highest BCUT2D eigenvalue weighted by Crippen LogP contribution is 2.17. The lowest BCUT2D eigenvalue weighted by Crippen LogP contribution is -2.48. The van der Waals surface area contributed by atoms with Crippen molar-refractivity contribution in [1.82, 2.24) is 10.2 Å². The molecule has 0 saturated carbocycles. The number of rotatable bonds is 1. The van der Waals surface area contributed by atoms with Crippen molar-refractivity contribution in [2.45, 2.75) is 52.7 Å². The maximum absolute atomic E-state index is 12.2. The molecule has 6 heteroatoms. The molecule has 1 aliphatic rings. The standard InChI is InChI=1S/C14H24N2O4/c1-13(2,3)15-11(17)10-9-19-8-7-16(10)12(18)20-14(4,5)6/h9H,7-8H2,1-6H3,(H,15,17). The number of carbonyl (C=O) groups is 2. The van der Waals surface area contributed by atoms with E-state index in [4.69, 9.17) is 9.47 Å². The Kier molecular flexibility index (Phi) is 4.68. The van der Waals surface area contributed by atoms with Gasteiger partial charge in [0.25, 0.3) is 5.91 Å². The van der Waals surface area contributed by atoms with E-state index in [1.54, 1.807) is 20.8 Å². The zero-order chi connectivity index (χ0) is 15.6. The molecule has 1 rings (SSSR count). The first-order valence-electron chi connectivity index (χ1n) is 6.64. The van der Waals surface area contributed by atoms with Gasteiger partial charge in [0.15, 0.2) is 0 Å². The van der Waals surface area contributed by atoms with Crippen LogP contribution in [0.4, 0.5) is 4.79 Å². The van der Waals surface area contributed by atoms with Crippen molar-refractivity contribution < 1.29 is 19.1 Å². The molecule has 1 heterocycles. The topological polar surface area (TPSA) is 67.9 Å². The maximum Gasteiger partial charge on any atom is 0.415 e. The minimum atomic E-state index is -0.610. The Morgan fingerprint density at radius 1 is 1.25 bits per heavy atom. The fourth-order valence-electron chi connectivity index (χ4n) is 1.55. The lowest BCUT2D eigenvalue weighted by atomic mass is 10.1. The van der Waals surface area contributed by atoms with Crippen molar-refractivity contribution in [3.05, 3.63) is 12.0 Å². The SMILES string of the molecule is CC(C)(C)NC(=O)C1=COCCN1C(=O)OC(C)(C)C. The molecule has 20 heavy (non-hydrogen) atoms. The van der Waals surface area contributed by atoms with Crippen LogP contribution in [-0.4, -0.2) is 41.2 Å². The molecule has 0 unspecified atom stereocenters. The van der Waals surface area contributed by atoms with Crippen LogP contribution in [0, 0.1) is 0 Å². The van der Waals surface area contributed by atoms with Gasteiger partial charge in [-0.15, -0.1) is 0 Å². The molecule has 114 valence electrons. The summed E-state index contributed by atoms with van der Waals surface area (Å²) in [6.45, 7) is 11.6. The van der Waals surface area contributed by atoms with E-state index in [9.17, 15) is 9.59 Å². The van der Waals surface area contributed by atoms with Gasteiger partial charge in [-0.3, -0.25) is 9.69 Å². The van der Waals surface area contributed by atoms with Crippen molar-refractivity contribution in [3.8, 4) is 0 Å². The summed E-state index contributed by atoms with van der Waals surface area (Å²) in [5, 5.41) is 2.80. The third-order valence-corrected chi connectivity index (χ3v) is 2.25. The first-order valence-corrected chi connectivity index (χ1v) is 6.64. The molecule has 2 amide bonds. The Morgan fingerprint density at radius 2 is 1.85 bits per heavy atom. The molecule has 0 aromatic carbocycles. The number of nitrogens with one attached hydrogen (secondary N) is 1. The predicted molar refractivity (Wildman–Crippen MR) is 74.9 cm³/mol. The second-order valence-corrected chi connectivity index (χ2v) is 6.71. The van der Waals surface area contributed by atoms with Gasteiger partial charge in [0.1, 0.15) is 24.2 Å². The summed E-state index contributed by atoms with van der Waals surface area (Å²) in [5.74, 6) is -0.358. The molecule has 0 aliphatic carbocycles. The van der Waals surface area contributed by atoms with Gasteiger partial charge in [-0.1, -0.05) is 0 Å². The quantitative estimate of drug-likeness (QED) is 0.800. The van der Waals surface area contributed by atoms with E-state index in [1.807, 2.05) is 20.8 Å². The summed E-state index contributed by atoms with van der Waals surface area (Å²) in [6.07, 6.45) is 0.755. The molecule has 1 N–H and O–H groups in total. The molecule has 0 aromatic heterocycles. The summed E-state index contributed by atoms with van der Waals surface area (Å²) in [6, 6.07) is 0. The Labute approximate surface area is 120 Å². The first kappa shape index (κ1) is 16.3. The van der Waals surface area contributed by atoms with E-state index in [0.29, 0.717) is 6.61 Å². The van der Waals surface area contributed by atoms with E-state index < -0.39 is 17.2 Å². The van der Waals surface area contributed by atoms with Crippen LogP contribution in [0.2, 0.25) is 0 Å². The third kappa shape index (κ3) is 5.11. The minimum Gasteiger partial charge on any atom is -0.497 e. The van der Waals surface area contributed by atoms with Crippen LogP contribution in [0.5, 0.6) is 0 Å². The summed E-state index contributed by atoms with van der Waals surface area (Å²) in [5.41, 5.74) is -0.837. The Hall–Kier alpha value is -1.72. The van der Waals surface area contributed by atoms with Gasteiger partial charge < -0.3 is 14.8 Å². The Morgan fingerprint density at radius 3 is 2.35 bits per heavy atom. The van der Waals surface area contributed by atoms with Gasteiger partial charge >= 0.3 is 6.09 Å². The van der Waals surface area contributed by atoms with Gasteiger partial charge in [-0.25, -0.2) is 4.79 Å². The van der Waals surface area contributed by atoms with Crippen molar-refractivity contribution in [2.75, 3.05) is 13.2 Å². The normalized spacial score (nSPS) is 16.1. The highest BCUT2D eigenvalue weighted by molar-refractivity contribution is 5.96. The third-order valence-electron chi connectivity index (χ3n) is 2.25. The average molecular weight is 284 g/mol. The Bertz CT molecular complexity index is 416. The van der Waals surface area contributed by atoms with E-state index >= 15 is 0 Å². The molecule has 0 radical (unpaired) electrons. The van der Waals surface area contributed by atoms with Crippen molar-refractivity contribution in [1.29, 1.82) is 0 Å². The monoisotopic (exact) mass is 284 g/mol. The molecule has 0 fully saturated rings.